The van der Waals surface area contributed by atoms with Gasteiger partial charge in [-0.15, -0.1) is 0 Å². The molecule has 0 bridgehead atoms. The summed E-state index contributed by atoms with van der Waals surface area (Å²) in [6.45, 7) is 4.97. The molecule has 0 spiro atoms. The highest BCUT2D eigenvalue weighted by molar-refractivity contribution is 5.76. The minimum absolute atomic E-state index is 0.0349. The monoisotopic (exact) mass is 294 g/mol. The van der Waals surface area contributed by atoms with E-state index in [4.69, 9.17) is 4.74 Å². The van der Waals surface area contributed by atoms with E-state index in [1.54, 1.807) is 7.11 Å². The van der Waals surface area contributed by atoms with Crippen LogP contribution in [-0.4, -0.2) is 37.3 Å². The van der Waals surface area contributed by atoms with Crippen LogP contribution in [0.4, 0.5) is 0 Å². The number of aliphatic hydroxyl groups excluding tert-OH is 1. The van der Waals surface area contributed by atoms with Crippen LogP contribution in [0, 0.1) is 0 Å². The van der Waals surface area contributed by atoms with Gasteiger partial charge in [0.1, 0.15) is 5.75 Å². The van der Waals surface area contributed by atoms with Gasteiger partial charge < -0.3 is 20.5 Å². The summed E-state index contributed by atoms with van der Waals surface area (Å²) in [5, 5.41) is 16.1. The van der Waals surface area contributed by atoms with Crippen molar-refractivity contribution < 1.29 is 14.6 Å². The minimum Gasteiger partial charge on any atom is -0.497 e. The van der Waals surface area contributed by atoms with Gasteiger partial charge in [-0.3, -0.25) is 4.79 Å². The summed E-state index contributed by atoms with van der Waals surface area (Å²) in [5.74, 6) is 0.757. The van der Waals surface area contributed by atoms with Gasteiger partial charge in [0.05, 0.1) is 13.2 Å². The molecular weight excluding hydrogens is 268 g/mol. The lowest BCUT2D eigenvalue weighted by Gasteiger charge is -2.14. The molecule has 5 nitrogen and oxygen atoms in total. The Morgan fingerprint density at radius 3 is 2.86 bits per heavy atom. The standard InChI is InChI=1S/C16H26N2O3/c1-4-12(2)18-16(20)8-9-17-11-15(19)13-6-5-7-14(10-13)21-3/h5-7,10,12,15,17,19H,4,8-9,11H2,1-3H3,(H,18,20). The fourth-order valence-corrected chi connectivity index (χ4v) is 1.86. The number of nitrogens with one attached hydrogen (secondary N) is 2. The molecule has 0 aliphatic heterocycles. The molecule has 1 aromatic rings. The van der Waals surface area contributed by atoms with Crippen LogP contribution in [-0.2, 0) is 4.79 Å². The highest BCUT2D eigenvalue weighted by atomic mass is 16.5. The summed E-state index contributed by atoms with van der Waals surface area (Å²) < 4.78 is 5.13. The number of ether oxygens (including phenoxy) is 1. The number of carbonyl (C=O) groups is 1. The van der Waals surface area contributed by atoms with Gasteiger partial charge in [-0.1, -0.05) is 19.1 Å². The Hall–Kier alpha value is -1.59. The van der Waals surface area contributed by atoms with Gasteiger partial charge in [0.25, 0.3) is 0 Å². The third-order valence-electron chi connectivity index (χ3n) is 3.36. The van der Waals surface area contributed by atoms with E-state index in [-0.39, 0.29) is 11.9 Å². The van der Waals surface area contributed by atoms with Crippen LogP contribution in [0.1, 0.15) is 38.4 Å². The molecular formula is C16H26N2O3. The fraction of sp³-hybridized carbons (Fsp3) is 0.562. The number of methoxy groups -OCH3 is 1. The number of aliphatic hydroxyl groups is 1. The number of amides is 1. The first-order valence-electron chi connectivity index (χ1n) is 7.39. The summed E-state index contributed by atoms with van der Waals surface area (Å²) >= 11 is 0. The lowest BCUT2D eigenvalue weighted by Crippen LogP contribution is -2.34. The topological polar surface area (TPSA) is 70.6 Å². The molecule has 0 aromatic heterocycles. The van der Waals surface area contributed by atoms with Gasteiger partial charge in [0.15, 0.2) is 0 Å². The maximum Gasteiger partial charge on any atom is 0.221 e. The van der Waals surface area contributed by atoms with E-state index >= 15 is 0 Å². The molecule has 0 saturated heterocycles. The molecule has 0 aliphatic rings. The second kappa shape index (κ2) is 9.37. The van der Waals surface area contributed by atoms with Gasteiger partial charge in [-0.05, 0) is 31.0 Å². The average Bonchev–Trinajstić information content (AvgIpc) is 2.51. The Bertz CT molecular complexity index is 437. The zero-order valence-electron chi connectivity index (χ0n) is 13.1. The Labute approximate surface area is 126 Å². The quantitative estimate of drug-likeness (QED) is 0.605. The second-order valence-electron chi connectivity index (χ2n) is 5.12. The van der Waals surface area contributed by atoms with Gasteiger partial charge >= 0.3 is 0 Å². The molecule has 0 saturated carbocycles. The number of hydrogen-bond donors (Lipinski definition) is 3. The number of rotatable bonds is 9. The molecule has 0 aliphatic carbocycles. The fourth-order valence-electron chi connectivity index (χ4n) is 1.86. The number of hydrogen-bond acceptors (Lipinski definition) is 4. The molecule has 21 heavy (non-hydrogen) atoms. The van der Waals surface area contributed by atoms with Crippen molar-refractivity contribution >= 4 is 5.91 Å². The van der Waals surface area contributed by atoms with Gasteiger partial charge in [-0.2, -0.15) is 0 Å². The van der Waals surface area contributed by atoms with E-state index < -0.39 is 6.10 Å². The summed E-state index contributed by atoms with van der Waals surface area (Å²) in [5.41, 5.74) is 0.797. The van der Waals surface area contributed by atoms with E-state index in [1.165, 1.54) is 0 Å². The average molecular weight is 294 g/mol. The minimum atomic E-state index is -0.613. The molecule has 5 heteroatoms. The molecule has 1 aromatic carbocycles. The first-order chi connectivity index (χ1) is 10.1. The highest BCUT2D eigenvalue weighted by Crippen LogP contribution is 2.18. The maximum absolute atomic E-state index is 11.6. The van der Waals surface area contributed by atoms with E-state index in [0.29, 0.717) is 19.5 Å². The summed E-state index contributed by atoms with van der Waals surface area (Å²) in [6, 6.07) is 7.55. The predicted molar refractivity (Wildman–Crippen MR) is 83.3 cm³/mol. The van der Waals surface area contributed by atoms with Crippen LogP contribution < -0.4 is 15.4 Å². The third kappa shape index (κ3) is 6.60. The van der Waals surface area contributed by atoms with Crippen LogP contribution in [0.5, 0.6) is 5.75 Å². The largest absolute Gasteiger partial charge is 0.497 e. The summed E-state index contributed by atoms with van der Waals surface area (Å²) in [6.07, 6.45) is 0.723. The van der Waals surface area contributed by atoms with E-state index in [2.05, 4.69) is 10.6 Å². The van der Waals surface area contributed by atoms with E-state index in [9.17, 15) is 9.90 Å². The van der Waals surface area contributed by atoms with Gasteiger partial charge in [0, 0.05) is 25.6 Å². The van der Waals surface area contributed by atoms with E-state index in [1.807, 2.05) is 38.1 Å². The Balaban J connectivity index is 2.27. The molecule has 2 atom stereocenters. The molecule has 118 valence electrons. The second-order valence-corrected chi connectivity index (χ2v) is 5.12. The SMILES string of the molecule is CCC(C)NC(=O)CCNCC(O)c1cccc(OC)c1. The molecule has 1 rings (SSSR count). The number of carbonyl (C=O) groups excluding carboxylic acids is 1. The normalized spacial score (nSPS) is 13.5. The van der Waals surface area contributed by atoms with Crippen LogP contribution in [0.2, 0.25) is 0 Å². The van der Waals surface area contributed by atoms with Crippen LogP contribution in [0.25, 0.3) is 0 Å². The maximum atomic E-state index is 11.6. The zero-order chi connectivity index (χ0) is 15.7. The highest BCUT2D eigenvalue weighted by Gasteiger charge is 2.09. The molecule has 0 radical (unpaired) electrons. The Morgan fingerprint density at radius 2 is 2.19 bits per heavy atom. The van der Waals surface area contributed by atoms with Crippen LogP contribution >= 0.6 is 0 Å². The van der Waals surface area contributed by atoms with Gasteiger partial charge in [-0.25, -0.2) is 0 Å². The summed E-state index contributed by atoms with van der Waals surface area (Å²) in [4.78, 5) is 11.6. The number of benzene rings is 1. The summed E-state index contributed by atoms with van der Waals surface area (Å²) in [7, 11) is 1.60. The van der Waals surface area contributed by atoms with Gasteiger partial charge in [0.2, 0.25) is 5.91 Å². The Morgan fingerprint density at radius 1 is 1.43 bits per heavy atom. The smallest absolute Gasteiger partial charge is 0.221 e. The zero-order valence-corrected chi connectivity index (χ0v) is 13.1. The Kier molecular flexibility index (Phi) is 7.79. The molecule has 0 fully saturated rings. The van der Waals surface area contributed by atoms with Crippen molar-refractivity contribution in [3.8, 4) is 5.75 Å². The first kappa shape index (κ1) is 17.5. The van der Waals surface area contributed by atoms with Crippen molar-refractivity contribution in [2.45, 2.75) is 38.8 Å². The predicted octanol–water partition coefficient (Wildman–Crippen LogP) is 1.62. The molecule has 1 amide bonds. The van der Waals surface area contributed by atoms with Crippen LogP contribution in [0.3, 0.4) is 0 Å². The van der Waals surface area contributed by atoms with Crippen molar-refractivity contribution in [1.29, 1.82) is 0 Å². The molecule has 3 N–H and O–H groups in total. The van der Waals surface area contributed by atoms with Crippen molar-refractivity contribution in [1.82, 2.24) is 10.6 Å². The lowest BCUT2D eigenvalue weighted by molar-refractivity contribution is -0.121. The third-order valence-corrected chi connectivity index (χ3v) is 3.36. The van der Waals surface area contributed by atoms with Crippen LogP contribution in [0.15, 0.2) is 24.3 Å². The van der Waals surface area contributed by atoms with Crippen molar-refractivity contribution in [2.75, 3.05) is 20.2 Å². The van der Waals surface area contributed by atoms with Crippen molar-refractivity contribution in [2.24, 2.45) is 0 Å². The van der Waals surface area contributed by atoms with Crippen molar-refractivity contribution in [3.63, 3.8) is 0 Å². The molecule has 2 unspecified atom stereocenters. The lowest BCUT2D eigenvalue weighted by atomic mass is 10.1. The van der Waals surface area contributed by atoms with Crippen molar-refractivity contribution in [3.05, 3.63) is 29.8 Å². The first-order valence-corrected chi connectivity index (χ1v) is 7.39. The molecule has 0 heterocycles. The van der Waals surface area contributed by atoms with E-state index in [0.717, 1.165) is 17.7 Å².